The lowest BCUT2D eigenvalue weighted by atomic mass is 9.97. The number of hydrogen-bond donors (Lipinski definition) is 1. The van der Waals surface area contributed by atoms with Gasteiger partial charge in [0.15, 0.2) is 4.96 Å². The summed E-state index contributed by atoms with van der Waals surface area (Å²) in [6.45, 7) is 0.465. The number of carbonyl (C=O) groups excluding carboxylic acids is 1. The minimum Gasteiger partial charge on any atom is -0.326 e. The maximum atomic E-state index is 13.0. The highest BCUT2D eigenvalue weighted by Gasteiger charge is 2.33. The lowest BCUT2D eigenvalue weighted by molar-refractivity contribution is -0.120. The molecule has 2 aromatic heterocycles. The van der Waals surface area contributed by atoms with Crippen LogP contribution in [0.5, 0.6) is 0 Å². The van der Waals surface area contributed by atoms with Crippen LogP contribution >= 0.6 is 11.3 Å². The standard InChI is InChI=1S/C24H21N5O3S2/c25-15-19-3-1-2-4-22(19)34(31,32)29-11-9-18(10-12-29)23(30)26-20-7-5-17(6-8-20)21-16-28-13-14-33-24(28)27-21/h1-8,13-14,16,18H,9-12H2,(H,26,30). The zero-order chi connectivity index (χ0) is 23.7. The summed E-state index contributed by atoms with van der Waals surface area (Å²) < 4.78 is 29.3. The number of carbonyl (C=O) groups is 1. The number of sulfonamides is 1. The Morgan fingerprint density at radius 3 is 2.56 bits per heavy atom. The molecule has 3 heterocycles. The normalized spacial score (nSPS) is 15.3. The SMILES string of the molecule is N#Cc1ccccc1S(=O)(=O)N1CCC(C(=O)Nc2ccc(-c3cn4ccsc4n3)cc2)CC1. The summed E-state index contributed by atoms with van der Waals surface area (Å²) in [5.41, 5.74) is 2.65. The van der Waals surface area contributed by atoms with E-state index in [1.807, 2.05) is 52.5 Å². The molecule has 4 aromatic rings. The third-order valence-corrected chi connectivity index (χ3v) is 8.72. The summed E-state index contributed by atoms with van der Waals surface area (Å²) in [6, 6.07) is 15.7. The van der Waals surface area contributed by atoms with E-state index < -0.39 is 10.0 Å². The maximum absolute atomic E-state index is 13.0. The van der Waals surface area contributed by atoms with Crippen LogP contribution in [-0.4, -0.2) is 41.1 Å². The maximum Gasteiger partial charge on any atom is 0.244 e. The molecule has 0 atom stereocenters. The van der Waals surface area contributed by atoms with Crippen LogP contribution in [-0.2, 0) is 14.8 Å². The van der Waals surface area contributed by atoms with E-state index >= 15 is 0 Å². The second kappa shape index (κ2) is 9.02. The first-order chi connectivity index (χ1) is 16.5. The van der Waals surface area contributed by atoms with Crippen LogP contribution in [0.4, 0.5) is 5.69 Å². The van der Waals surface area contributed by atoms with E-state index in [9.17, 15) is 18.5 Å². The van der Waals surface area contributed by atoms with Gasteiger partial charge in [-0.25, -0.2) is 13.4 Å². The summed E-state index contributed by atoms with van der Waals surface area (Å²) in [4.78, 5) is 18.3. The Morgan fingerprint density at radius 1 is 1.12 bits per heavy atom. The predicted octanol–water partition coefficient (Wildman–Crippen LogP) is 3.97. The third-order valence-electron chi connectivity index (χ3n) is 5.99. The van der Waals surface area contributed by atoms with Gasteiger partial charge in [-0.3, -0.25) is 9.20 Å². The van der Waals surface area contributed by atoms with Crippen LogP contribution in [0.15, 0.2) is 71.2 Å². The van der Waals surface area contributed by atoms with Crippen LogP contribution in [0, 0.1) is 17.2 Å². The van der Waals surface area contributed by atoms with Crippen LogP contribution in [0.25, 0.3) is 16.2 Å². The first-order valence-electron chi connectivity index (χ1n) is 10.8. The number of thiazole rings is 1. The van der Waals surface area contributed by atoms with E-state index in [4.69, 9.17) is 0 Å². The van der Waals surface area contributed by atoms with Crippen LogP contribution in [0.3, 0.4) is 0 Å². The smallest absolute Gasteiger partial charge is 0.244 e. The Morgan fingerprint density at radius 2 is 1.85 bits per heavy atom. The van der Waals surface area contributed by atoms with Gasteiger partial charge in [0.1, 0.15) is 6.07 Å². The molecule has 5 rings (SSSR count). The Kier molecular flexibility index (Phi) is 5.91. The molecule has 1 aliphatic heterocycles. The molecule has 1 N–H and O–H groups in total. The summed E-state index contributed by atoms with van der Waals surface area (Å²) in [5, 5.41) is 14.2. The molecule has 10 heteroatoms. The highest BCUT2D eigenvalue weighted by Crippen LogP contribution is 2.27. The van der Waals surface area contributed by atoms with E-state index in [2.05, 4.69) is 10.3 Å². The van der Waals surface area contributed by atoms with E-state index in [-0.39, 0.29) is 35.4 Å². The zero-order valence-electron chi connectivity index (χ0n) is 18.1. The van der Waals surface area contributed by atoms with Gasteiger partial charge in [0.2, 0.25) is 15.9 Å². The van der Waals surface area contributed by atoms with Crippen molar-refractivity contribution in [3.63, 3.8) is 0 Å². The first-order valence-corrected chi connectivity index (χ1v) is 13.1. The second-order valence-corrected chi connectivity index (χ2v) is 10.9. The minimum atomic E-state index is -3.78. The monoisotopic (exact) mass is 491 g/mol. The molecule has 1 saturated heterocycles. The topological polar surface area (TPSA) is 108 Å². The molecule has 1 fully saturated rings. The number of imidazole rings is 1. The van der Waals surface area contributed by atoms with Gasteiger partial charge in [-0.15, -0.1) is 11.3 Å². The Balaban J connectivity index is 1.21. The number of aromatic nitrogens is 2. The van der Waals surface area contributed by atoms with Crippen LogP contribution in [0.1, 0.15) is 18.4 Å². The van der Waals surface area contributed by atoms with Crippen molar-refractivity contribution < 1.29 is 13.2 Å². The number of fused-ring (bicyclic) bond motifs is 1. The van der Waals surface area contributed by atoms with Gasteiger partial charge in [0.05, 0.1) is 16.2 Å². The number of benzene rings is 2. The molecule has 2 aromatic carbocycles. The number of nitrogens with one attached hydrogen (secondary N) is 1. The molecule has 0 saturated carbocycles. The second-order valence-electron chi connectivity index (χ2n) is 8.07. The zero-order valence-corrected chi connectivity index (χ0v) is 19.7. The fraction of sp³-hybridized carbons (Fsp3) is 0.208. The van der Waals surface area contributed by atoms with Crippen molar-refractivity contribution in [1.82, 2.24) is 13.7 Å². The third kappa shape index (κ3) is 4.21. The fourth-order valence-corrected chi connectivity index (χ4v) is 6.43. The number of amides is 1. The number of rotatable bonds is 5. The largest absolute Gasteiger partial charge is 0.326 e. The number of hydrogen-bond acceptors (Lipinski definition) is 6. The van der Waals surface area contributed by atoms with Crippen molar-refractivity contribution in [1.29, 1.82) is 5.26 Å². The molecule has 0 bridgehead atoms. The summed E-state index contributed by atoms with van der Waals surface area (Å²) >= 11 is 1.57. The fourth-order valence-electron chi connectivity index (χ4n) is 4.12. The molecular formula is C24H21N5O3S2. The predicted molar refractivity (Wildman–Crippen MR) is 130 cm³/mol. The van der Waals surface area contributed by atoms with E-state index in [0.717, 1.165) is 16.2 Å². The lowest BCUT2D eigenvalue weighted by Crippen LogP contribution is -2.41. The molecule has 0 radical (unpaired) electrons. The van der Waals surface area contributed by atoms with Gasteiger partial charge < -0.3 is 5.32 Å². The van der Waals surface area contributed by atoms with Crippen molar-refractivity contribution in [2.45, 2.75) is 17.7 Å². The van der Waals surface area contributed by atoms with Crippen LogP contribution < -0.4 is 5.32 Å². The highest BCUT2D eigenvalue weighted by molar-refractivity contribution is 7.89. The van der Waals surface area contributed by atoms with Gasteiger partial charge in [-0.05, 0) is 37.1 Å². The van der Waals surface area contributed by atoms with Gasteiger partial charge in [0, 0.05) is 48.0 Å². The van der Waals surface area contributed by atoms with Crippen LogP contribution in [0.2, 0.25) is 0 Å². The quantitative estimate of drug-likeness (QED) is 0.454. The van der Waals surface area contributed by atoms with E-state index in [0.29, 0.717) is 18.5 Å². The number of nitriles is 1. The molecule has 8 nitrogen and oxygen atoms in total. The lowest BCUT2D eigenvalue weighted by Gasteiger charge is -2.30. The van der Waals surface area contributed by atoms with Crippen molar-refractivity contribution in [2.75, 3.05) is 18.4 Å². The van der Waals surface area contributed by atoms with Gasteiger partial charge in [0.25, 0.3) is 0 Å². The molecule has 172 valence electrons. The molecule has 0 unspecified atom stereocenters. The van der Waals surface area contributed by atoms with Crippen molar-refractivity contribution in [3.05, 3.63) is 71.9 Å². The molecule has 1 amide bonds. The Labute approximate surface area is 201 Å². The van der Waals surface area contributed by atoms with E-state index in [1.54, 1.807) is 23.5 Å². The van der Waals surface area contributed by atoms with Gasteiger partial charge in [-0.1, -0.05) is 24.3 Å². The van der Waals surface area contributed by atoms with Crippen molar-refractivity contribution >= 4 is 37.9 Å². The summed E-state index contributed by atoms with van der Waals surface area (Å²) in [6.07, 6.45) is 4.77. The minimum absolute atomic E-state index is 0.0121. The average molecular weight is 492 g/mol. The van der Waals surface area contributed by atoms with E-state index in [1.165, 1.54) is 16.4 Å². The summed E-state index contributed by atoms with van der Waals surface area (Å²) in [7, 11) is -3.78. The first kappa shape index (κ1) is 22.3. The number of nitrogens with zero attached hydrogens (tertiary/aromatic N) is 4. The Hall–Kier alpha value is -3.52. The number of anilines is 1. The molecular weight excluding hydrogens is 470 g/mol. The average Bonchev–Trinajstić information content (AvgIpc) is 3.47. The Bertz CT molecular complexity index is 1460. The summed E-state index contributed by atoms with van der Waals surface area (Å²) in [5.74, 6) is -0.401. The highest BCUT2D eigenvalue weighted by atomic mass is 32.2. The van der Waals surface area contributed by atoms with Gasteiger partial charge in [-0.2, -0.15) is 9.57 Å². The van der Waals surface area contributed by atoms with Crippen molar-refractivity contribution in [3.8, 4) is 17.3 Å². The van der Waals surface area contributed by atoms with Gasteiger partial charge >= 0.3 is 0 Å². The molecule has 1 aliphatic rings. The molecule has 34 heavy (non-hydrogen) atoms. The van der Waals surface area contributed by atoms with Crippen molar-refractivity contribution in [2.24, 2.45) is 5.92 Å². The number of piperidine rings is 1. The molecule has 0 spiro atoms. The molecule has 0 aliphatic carbocycles.